The van der Waals surface area contributed by atoms with Crippen molar-refractivity contribution in [3.8, 4) is 5.75 Å². The van der Waals surface area contributed by atoms with Crippen LogP contribution in [-0.2, 0) is 4.84 Å². The third-order valence-electron chi connectivity index (χ3n) is 3.59. The Hall–Kier alpha value is -2.57. The number of nitrogens with one attached hydrogen (secondary N) is 1. The minimum atomic E-state index is -0.346. The fraction of sp³-hybridized carbons (Fsp3) is 0.176. The number of hydrogen-bond acceptors (Lipinski definition) is 5. The van der Waals surface area contributed by atoms with Crippen LogP contribution in [-0.4, -0.2) is 24.3 Å². The maximum Gasteiger partial charge on any atom is 0.265 e. The average molecular weight is 346 g/mol. The van der Waals surface area contributed by atoms with E-state index in [1.54, 1.807) is 24.3 Å². The van der Waals surface area contributed by atoms with Gasteiger partial charge in [-0.15, -0.1) is 0 Å². The van der Waals surface area contributed by atoms with Gasteiger partial charge in [-0.2, -0.15) is 0 Å². The quantitative estimate of drug-likeness (QED) is 0.495. The lowest BCUT2D eigenvalue weighted by molar-refractivity contribution is 0.0471. The summed E-state index contributed by atoms with van der Waals surface area (Å²) in [6, 6.07) is 14.2. The molecule has 1 aliphatic heterocycles. The van der Waals surface area contributed by atoms with Crippen LogP contribution in [0, 0.1) is 0 Å². The molecule has 24 heavy (non-hydrogen) atoms. The molecule has 2 aromatic carbocycles. The molecule has 0 radical (unpaired) electrons. The number of nitrogen functional groups attached to an aromatic ring is 1. The van der Waals surface area contributed by atoms with Crippen LogP contribution in [0.2, 0.25) is 5.02 Å². The van der Waals surface area contributed by atoms with E-state index in [1.807, 2.05) is 24.3 Å². The molecule has 7 heteroatoms. The Bertz CT molecular complexity index is 745. The second kappa shape index (κ2) is 7.33. The second-order valence-corrected chi connectivity index (χ2v) is 5.72. The Balaban J connectivity index is 1.52. The topological polar surface area (TPSA) is 85.9 Å². The van der Waals surface area contributed by atoms with Crippen molar-refractivity contribution >= 4 is 23.2 Å². The van der Waals surface area contributed by atoms with E-state index in [-0.39, 0.29) is 12.0 Å². The van der Waals surface area contributed by atoms with Crippen LogP contribution >= 0.6 is 11.6 Å². The maximum absolute atomic E-state index is 11.4. The van der Waals surface area contributed by atoms with Crippen LogP contribution in [0.15, 0.2) is 53.7 Å². The molecule has 0 aromatic heterocycles. The highest BCUT2D eigenvalue weighted by Gasteiger charge is 2.22. The highest BCUT2D eigenvalue weighted by molar-refractivity contribution is 6.30. The van der Waals surface area contributed by atoms with Gasteiger partial charge < -0.3 is 9.57 Å². The first-order valence-electron chi connectivity index (χ1n) is 7.38. The number of ether oxygens (including phenoxy) is 1. The van der Waals surface area contributed by atoms with Gasteiger partial charge in [0.05, 0.1) is 5.71 Å². The minimum absolute atomic E-state index is 0.150. The van der Waals surface area contributed by atoms with Crippen molar-refractivity contribution in [1.82, 2.24) is 5.43 Å². The van der Waals surface area contributed by atoms with Gasteiger partial charge in [0.15, 0.2) is 6.10 Å². The fourth-order valence-electron chi connectivity index (χ4n) is 2.31. The molecule has 0 saturated heterocycles. The first-order valence-corrected chi connectivity index (χ1v) is 7.76. The molecule has 6 nitrogen and oxygen atoms in total. The number of rotatable bonds is 5. The van der Waals surface area contributed by atoms with Gasteiger partial charge in [-0.25, -0.2) is 5.84 Å². The summed E-state index contributed by atoms with van der Waals surface area (Å²) in [6.45, 7) is 0.364. The molecule has 3 N–H and O–H groups in total. The average Bonchev–Trinajstić information content (AvgIpc) is 3.09. The third kappa shape index (κ3) is 3.84. The Labute approximate surface area is 144 Å². The van der Waals surface area contributed by atoms with Crippen molar-refractivity contribution in [2.24, 2.45) is 11.0 Å². The van der Waals surface area contributed by atoms with Gasteiger partial charge in [0, 0.05) is 17.0 Å². The Kier molecular flexibility index (Phi) is 4.98. The molecule has 0 saturated carbocycles. The summed E-state index contributed by atoms with van der Waals surface area (Å²) in [4.78, 5) is 16.8. The highest BCUT2D eigenvalue weighted by Crippen LogP contribution is 2.20. The predicted octanol–water partition coefficient (Wildman–Crippen LogP) is 2.52. The van der Waals surface area contributed by atoms with E-state index >= 15 is 0 Å². The normalized spacial score (nSPS) is 16.2. The summed E-state index contributed by atoms with van der Waals surface area (Å²) in [5, 5.41) is 4.79. The first-order chi connectivity index (χ1) is 11.7. The summed E-state index contributed by atoms with van der Waals surface area (Å²) < 4.78 is 5.68. The zero-order valence-corrected chi connectivity index (χ0v) is 13.5. The fourth-order valence-corrected chi connectivity index (χ4v) is 2.43. The van der Waals surface area contributed by atoms with Gasteiger partial charge in [0.25, 0.3) is 5.91 Å². The van der Waals surface area contributed by atoms with E-state index in [0.29, 0.717) is 29.4 Å². The number of nitrogens with two attached hydrogens (primary N) is 1. The predicted molar refractivity (Wildman–Crippen MR) is 91.1 cm³/mol. The smallest absolute Gasteiger partial charge is 0.265 e. The molecule has 0 bridgehead atoms. The molecular weight excluding hydrogens is 330 g/mol. The van der Waals surface area contributed by atoms with Crippen LogP contribution in [0.4, 0.5) is 0 Å². The lowest BCUT2D eigenvalue weighted by Gasteiger charge is -2.11. The number of amides is 1. The third-order valence-corrected chi connectivity index (χ3v) is 3.85. The number of carbonyl (C=O) groups is 1. The van der Waals surface area contributed by atoms with E-state index < -0.39 is 0 Å². The molecule has 1 amide bonds. The van der Waals surface area contributed by atoms with Crippen molar-refractivity contribution in [1.29, 1.82) is 0 Å². The molecule has 0 fully saturated rings. The van der Waals surface area contributed by atoms with Gasteiger partial charge >= 0.3 is 0 Å². The second-order valence-electron chi connectivity index (χ2n) is 5.29. The summed E-state index contributed by atoms with van der Waals surface area (Å²) >= 11 is 5.88. The number of hydrazine groups is 1. The molecule has 1 aliphatic rings. The van der Waals surface area contributed by atoms with Crippen molar-refractivity contribution in [2.75, 3.05) is 6.61 Å². The first kappa shape index (κ1) is 16.3. The van der Waals surface area contributed by atoms with Crippen LogP contribution in [0.5, 0.6) is 5.75 Å². The number of oxime groups is 1. The molecule has 1 heterocycles. The standard InChI is InChI=1S/C17H16ClN3O3/c18-13-5-1-11(2-6-13)16-9-15(24-21-16)10-23-14-7-3-12(4-8-14)17(22)20-19/h1-8,15H,9-10,19H2,(H,20,22)/t15-/m1/s1. The molecule has 3 rings (SSSR count). The zero-order valence-electron chi connectivity index (χ0n) is 12.7. The number of nitrogens with zero attached hydrogens (tertiary/aromatic N) is 1. The molecule has 0 unspecified atom stereocenters. The van der Waals surface area contributed by atoms with Gasteiger partial charge in [0.2, 0.25) is 0 Å². The van der Waals surface area contributed by atoms with Crippen LogP contribution in [0.25, 0.3) is 0 Å². The lowest BCUT2D eigenvalue weighted by atomic mass is 10.1. The summed E-state index contributed by atoms with van der Waals surface area (Å²) in [6.07, 6.45) is 0.512. The number of halogens is 1. The Morgan fingerprint density at radius 3 is 2.62 bits per heavy atom. The van der Waals surface area contributed by atoms with Crippen LogP contribution in [0.1, 0.15) is 22.3 Å². The monoisotopic (exact) mass is 345 g/mol. The van der Waals surface area contributed by atoms with E-state index in [4.69, 9.17) is 27.0 Å². The Morgan fingerprint density at radius 1 is 1.25 bits per heavy atom. The van der Waals surface area contributed by atoms with Crippen molar-refractivity contribution in [3.63, 3.8) is 0 Å². The maximum atomic E-state index is 11.4. The molecule has 0 aliphatic carbocycles. The summed E-state index contributed by atoms with van der Waals surface area (Å²) in [5.41, 5.74) is 4.40. The summed E-state index contributed by atoms with van der Waals surface area (Å²) in [7, 11) is 0. The molecule has 2 aromatic rings. The van der Waals surface area contributed by atoms with Gasteiger partial charge in [0.1, 0.15) is 12.4 Å². The largest absolute Gasteiger partial charge is 0.490 e. The molecule has 1 atom stereocenters. The van der Waals surface area contributed by atoms with Crippen molar-refractivity contribution in [3.05, 3.63) is 64.7 Å². The zero-order chi connectivity index (χ0) is 16.9. The minimum Gasteiger partial charge on any atom is -0.490 e. The number of benzene rings is 2. The van der Waals surface area contributed by atoms with Crippen molar-refractivity contribution < 1.29 is 14.4 Å². The van der Waals surface area contributed by atoms with Crippen LogP contribution < -0.4 is 16.0 Å². The molecule has 0 spiro atoms. The van der Waals surface area contributed by atoms with E-state index in [1.165, 1.54) is 0 Å². The molecule has 124 valence electrons. The Morgan fingerprint density at radius 2 is 1.96 bits per heavy atom. The van der Waals surface area contributed by atoms with E-state index in [2.05, 4.69) is 10.6 Å². The molecular formula is C17H16ClN3O3. The van der Waals surface area contributed by atoms with Gasteiger partial charge in [-0.1, -0.05) is 28.9 Å². The summed E-state index contributed by atoms with van der Waals surface area (Å²) in [5.74, 6) is 5.39. The number of carbonyl (C=O) groups excluding carboxylic acids is 1. The van der Waals surface area contributed by atoms with Crippen molar-refractivity contribution in [2.45, 2.75) is 12.5 Å². The van der Waals surface area contributed by atoms with E-state index in [9.17, 15) is 4.79 Å². The van der Waals surface area contributed by atoms with Crippen LogP contribution in [0.3, 0.4) is 0 Å². The van der Waals surface area contributed by atoms with Gasteiger partial charge in [-0.3, -0.25) is 10.2 Å². The van der Waals surface area contributed by atoms with Gasteiger partial charge in [-0.05, 0) is 42.0 Å². The van der Waals surface area contributed by atoms with E-state index in [0.717, 1.165) is 11.3 Å². The lowest BCUT2D eigenvalue weighted by Crippen LogP contribution is -2.29. The number of hydrogen-bond donors (Lipinski definition) is 2. The SMILES string of the molecule is NNC(=O)c1ccc(OC[C@H]2CC(c3ccc(Cl)cc3)=NO2)cc1. The highest BCUT2D eigenvalue weighted by atomic mass is 35.5.